The van der Waals surface area contributed by atoms with Crippen LogP contribution in [0.15, 0.2) is 24.3 Å². The molecule has 3 rings (SSSR count). The molecule has 0 spiro atoms. The van der Waals surface area contributed by atoms with Crippen molar-refractivity contribution in [2.75, 3.05) is 23.8 Å². The Bertz CT molecular complexity index is 421. The summed E-state index contributed by atoms with van der Waals surface area (Å²) in [6, 6.07) is 10.1. The smallest absolute Gasteiger partial charge is 0.0448 e. The van der Waals surface area contributed by atoms with E-state index in [0.717, 1.165) is 17.7 Å². The van der Waals surface area contributed by atoms with Crippen LogP contribution in [0.4, 0.5) is 0 Å². The summed E-state index contributed by atoms with van der Waals surface area (Å²) in [6.07, 6.45) is 5.42. The molecule has 1 aromatic carbocycles. The molecular weight excluding hydrogens is 294 g/mol. The second kappa shape index (κ2) is 7.94. The summed E-state index contributed by atoms with van der Waals surface area (Å²) in [7, 11) is 0. The molecule has 0 radical (unpaired) electrons. The fourth-order valence-corrected chi connectivity index (χ4v) is 6.05. The van der Waals surface area contributed by atoms with Crippen molar-refractivity contribution in [1.29, 1.82) is 0 Å². The zero-order valence-corrected chi connectivity index (χ0v) is 14.6. The van der Waals surface area contributed by atoms with Gasteiger partial charge in [0.15, 0.2) is 0 Å². The lowest BCUT2D eigenvalue weighted by Gasteiger charge is -2.31. The second-order valence-corrected chi connectivity index (χ2v) is 8.71. The van der Waals surface area contributed by atoms with Gasteiger partial charge in [0.05, 0.1) is 0 Å². The Morgan fingerprint density at radius 2 is 2.00 bits per heavy atom. The number of hydrogen-bond acceptors (Lipinski definition) is 3. The maximum Gasteiger partial charge on any atom is 0.0448 e. The van der Waals surface area contributed by atoms with Crippen LogP contribution in [0.25, 0.3) is 0 Å². The van der Waals surface area contributed by atoms with Crippen LogP contribution in [0.5, 0.6) is 0 Å². The first-order chi connectivity index (χ1) is 10.4. The Morgan fingerprint density at radius 3 is 2.57 bits per heavy atom. The molecular formula is C18H27NS2. The molecule has 0 bridgehead atoms. The van der Waals surface area contributed by atoms with Crippen LogP contribution in [-0.4, -0.2) is 29.1 Å². The van der Waals surface area contributed by atoms with Crippen LogP contribution in [0.3, 0.4) is 0 Å². The molecule has 1 aliphatic carbocycles. The summed E-state index contributed by atoms with van der Waals surface area (Å²) in [5.74, 6) is 4.76. The number of thioether (sulfide) groups is 2. The van der Waals surface area contributed by atoms with Gasteiger partial charge in [-0.25, -0.2) is 0 Å². The van der Waals surface area contributed by atoms with E-state index >= 15 is 0 Å². The van der Waals surface area contributed by atoms with Crippen molar-refractivity contribution in [3.63, 3.8) is 0 Å². The van der Waals surface area contributed by atoms with E-state index in [1.807, 2.05) is 0 Å². The molecule has 2 fully saturated rings. The fourth-order valence-electron chi connectivity index (χ4n) is 3.18. The van der Waals surface area contributed by atoms with E-state index in [0.29, 0.717) is 6.04 Å². The molecule has 2 aliphatic rings. The SMILES string of the molecule is CCCNC(c1ccc(C2CCC2)cc1)C1CSCCS1. The van der Waals surface area contributed by atoms with Gasteiger partial charge in [0.25, 0.3) is 0 Å². The topological polar surface area (TPSA) is 12.0 Å². The van der Waals surface area contributed by atoms with Gasteiger partial charge < -0.3 is 5.32 Å². The molecule has 1 aromatic rings. The third-order valence-corrected chi connectivity index (χ3v) is 7.56. The van der Waals surface area contributed by atoms with Crippen molar-refractivity contribution >= 4 is 23.5 Å². The first-order valence-electron chi connectivity index (χ1n) is 8.41. The summed E-state index contributed by atoms with van der Waals surface area (Å²) in [4.78, 5) is 0. The molecule has 3 heteroatoms. The Kier molecular flexibility index (Phi) is 5.96. The van der Waals surface area contributed by atoms with E-state index in [9.17, 15) is 0 Å². The van der Waals surface area contributed by atoms with Crippen molar-refractivity contribution in [3.8, 4) is 0 Å². The van der Waals surface area contributed by atoms with Gasteiger partial charge in [-0.05, 0) is 42.9 Å². The highest BCUT2D eigenvalue weighted by Crippen LogP contribution is 2.38. The summed E-state index contributed by atoms with van der Waals surface area (Å²) >= 11 is 4.28. The molecule has 1 saturated heterocycles. The Morgan fingerprint density at radius 1 is 1.19 bits per heavy atom. The lowest BCUT2D eigenvalue weighted by Crippen LogP contribution is -2.34. The average molecular weight is 322 g/mol. The molecule has 2 unspecified atom stereocenters. The highest BCUT2D eigenvalue weighted by molar-refractivity contribution is 8.06. The summed E-state index contributed by atoms with van der Waals surface area (Å²) in [6.45, 7) is 3.38. The van der Waals surface area contributed by atoms with Gasteiger partial charge in [-0.2, -0.15) is 23.5 Å². The molecule has 21 heavy (non-hydrogen) atoms. The highest BCUT2D eigenvalue weighted by atomic mass is 32.2. The van der Waals surface area contributed by atoms with Crippen molar-refractivity contribution in [2.24, 2.45) is 0 Å². The van der Waals surface area contributed by atoms with Gasteiger partial charge in [0.2, 0.25) is 0 Å². The maximum absolute atomic E-state index is 3.80. The van der Waals surface area contributed by atoms with E-state index in [-0.39, 0.29) is 0 Å². The van der Waals surface area contributed by atoms with Crippen molar-refractivity contribution in [2.45, 2.75) is 49.8 Å². The summed E-state index contributed by atoms with van der Waals surface area (Å²) < 4.78 is 0. The Hall–Kier alpha value is -0.120. The van der Waals surface area contributed by atoms with E-state index in [1.165, 1.54) is 48.5 Å². The lowest BCUT2D eigenvalue weighted by atomic mass is 9.80. The number of benzene rings is 1. The monoisotopic (exact) mass is 321 g/mol. The largest absolute Gasteiger partial charge is 0.309 e. The highest BCUT2D eigenvalue weighted by Gasteiger charge is 2.26. The standard InChI is InChI=1S/C18H27NS2/c1-2-10-19-18(17-13-20-11-12-21-17)16-8-6-15(7-9-16)14-4-3-5-14/h6-9,14,17-19H,2-5,10-13H2,1H3. The van der Waals surface area contributed by atoms with E-state index < -0.39 is 0 Å². The molecule has 1 nitrogen and oxygen atoms in total. The predicted molar refractivity (Wildman–Crippen MR) is 97.6 cm³/mol. The first kappa shape index (κ1) is 15.8. The predicted octanol–water partition coefficient (Wildman–Crippen LogP) is 4.84. The normalized spacial score (nSPS) is 24.5. The van der Waals surface area contributed by atoms with Crippen LogP contribution in [0.2, 0.25) is 0 Å². The lowest BCUT2D eigenvalue weighted by molar-refractivity contribution is 0.419. The van der Waals surface area contributed by atoms with Crippen LogP contribution in [-0.2, 0) is 0 Å². The molecule has 116 valence electrons. The quantitative estimate of drug-likeness (QED) is 0.805. The van der Waals surface area contributed by atoms with E-state index in [4.69, 9.17) is 0 Å². The first-order valence-corrected chi connectivity index (χ1v) is 10.6. The fraction of sp³-hybridized carbons (Fsp3) is 0.667. The molecule has 0 aromatic heterocycles. The Labute approximate surface area is 138 Å². The minimum absolute atomic E-state index is 0.526. The Balaban J connectivity index is 1.71. The molecule has 1 N–H and O–H groups in total. The van der Waals surface area contributed by atoms with Gasteiger partial charge in [0, 0.05) is 28.6 Å². The van der Waals surface area contributed by atoms with Crippen LogP contribution >= 0.6 is 23.5 Å². The zero-order chi connectivity index (χ0) is 14.5. The molecule has 0 amide bonds. The minimum atomic E-state index is 0.526. The zero-order valence-electron chi connectivity index (χ0n) is 13.0. The minimum Gasteiger partial charge on any atom is -0.309 e. The maximum atomic E-state index is 3.80. The molecule has 1 aliphatic heterocycles. The van der Waals surface area contributed by atoms with Crippen LogP contribution < -0.4 is 5.32 Å². The summed E-state index contributed by atoms with van der Waals surface area (Å²) in [5.41, 5.74) is 3.05. The van der Waals surface area contributed by atoms with Gasteiger partial charge in [-0.15, -0.1) is 0 Å². The number of hydrogen-bond donors (Lipinski definition) is 1. The third kappa shape index (κ3) is 4.00. The van der Waals surface area contributed by atoms with Crippen LogP contribution in [0, 0.1) is 0 Å². The molecule has 1 saturated carbocycles. The number of nitrogens with one attached hydrogen (secondary N) is 1. The van der Waals surface area contributed by atoms with Crippen molar-refractivity contribution < 1.29 is 0 Å². The van der Waals surface area contributed by atoms with Gasteiger partial charge >= 0.3 is 0 Å². The summed E-state index contributed by atoms with van der Waals surface area (Å²) in [5, 5.41) is 4.52. The van der Waals surface area contributed by atoms with Crippen LogP contribution in [0.1, 0.15) is 55.7 Å². The van der Waals surface area contributed by atoms with Gasteiger partial charge in [-0.3, -0.25) is 0 Å². The van der Waals surface area contributed by atoms with Gasteiger partial charge in [0.1, 0.15) is 0 Å². The van der Waals surface area contributed by atoms with Crippen molar-refractivity contribution in [1.82, 2.24) is 5.32 Å². The van der Waals surface area contributed by atoms with Crippen molar-refractivity contribution in [3.05, 3.63) is 35.4 Å². The molecule has 2 atom stereocenters. The average Bonchev–Trinajstić information content (AvgIpc) is 2.49. The number of rotatable bonds is 6. The molecule has 1 heterocycles. The van der Waals surface area contributed by atoms with Gasteiger partial charge in [-0.1, -0.05) is 37.6 Å². The second-order valence-electron chi connectivity index (χ2n) is 6.21. The van der Waals surface area contributed by atoms with E-state index in [1.54, 1.807) is 5.56 Å². The third-order valence-electron chi connectivity index (χ3n) is 4.70. The van der Waals surface area contributed by atoms with E-state index in [2.05, 4.69) is 60.0 Å².